The fourth-order valence-electron chi connectivity index (χ4n) is 6.65. The number of thiophene rings is 1. The van der Waals surface area contributed by atoms with Crippen LogP contribution in [0.25, 0.3) is 64.5 Å². The van der Waals surface area contributed by atoms with Crippen LogP contribution in [0, 0.1) is 0 Å². The average Bonchev–Trinajstić information content (AvgIpc) is 3.77. The van der Waals surface area contributed by atoms with E-state index in [0.29, 0.717) is 0 Å². The Bertz CT molecular complexity index is 2500. The van der Waals surface area contributed by atoms with E-state index in [2.05, 4.69) is 180 Å². The molecule has 0 atom stereocenters. The number of hydrogen-bond acceptors (Lipinski definition) is 2. The third kappa shape index (κ3) is 5.07. The Balaban J connectivity index is 1.12. The topological polar surface area (TPSA) is 19.0 Å². The van der Waals surface area contributed by atoms with E-state index in [-0.39, 0.29) is 0 Å². The molecule has 0 saturated heterocycles. The van der Waals surface area contributed by atoms with Gasteiger partial charge in [-0.15, -0.1) is 11.3 Å². The number of H-pyrrole nitrogens is 1. The minimum atomic E-state index is 1.12. The summed E-state index contributed by atoms with van der Waals surface area (Å²) in [4.78, 5) is 5.67. The molecule has 2 nitrogen and oxygen atoms in total. The first-order valence-corrected chi connectivity index (χ1v) is 16.7. The molecule has 47 heavy (non-hydrogen) atoms. The zero-order valence-corrected chi connectivity index (χ0v) is 26.4. The van der Waals surface area contributed by atoms with Crippen LogP contribution >= 0.6 is 11.3 Å². The molecule has 0 saturated carbocycles. The second-order valence-corrected chi connectivity index (χ2v) is 13.0. The van der Waals surface area contributed by atoms with Crippen molar-refractivity contribution in [1.29, 1.82) is 0 Å². The van der Waals surface area contributed by atoms with E-state index in [1.54, 1.807) is 0 Å². The van der Waals surface area contributed by atoms with E-state index in [9.17, 15) is 0 Å². The number of benzene rings is 7. The van der Waals surface area contributed by atoms with Crippen LogP contribution < -0.4 is 4.90 Å². The predicted octanol–water partition coefficient (Wildman–Crippen LogP) is 13.0. The lowest BCUT2D eigenvalue weighted by Gasteiger charge is -2.26. The number of rotatable bonds is 6. The average molecular weight is 619 g/mol. The zero-order chi connectivity index (χ0) is 31.2. The first kappa shape index (κ1) is 27.4. The quantitative estimate of drug-likeness (QED) is 0.196. The molecule has 0 aliphatic heterocycles. The highest BCUT2D eigenvalue weighted by Gasteiger charge is 2.16. The van der Waals surface area contributed by atoms with Crippen molar-refractivity contribution in [3.8, 4) is 33.4 Å². The molecule has 0 fully saturated rings. The van der Waals surface area contributed by atoms with E-state index in [1.165, 1.54) is 58.9 Å². The first-order valence-electron chi connectivity index (χ1n) is 15.9. The summed E-state index contributed by atoms with van der Waals surface area (Å²) in [6.45, 7) is 0. The molecule has 1 N–H and O–H groups in total. The van der Waals surface area contributed by atoms with Gasteiger partial charge in [-0.3, -0.25) is 0 Å². The van der Waals surface area contributed by atoms with Gasteiger partial charge < -0.3 is 9.88 Å². The highest BCUT2D eigenvalue weighted by atomic mass is 32.1. The van der Waals surface area contributed by atoms with E-state index < -0.39 is 0 Å². The zero-order valence-electron chi connectivity index (χ0n) is 25.6. The van der Waals surface area contributed by atoms with Crippen LogP contribution in [0.1, 0.15) is 0 Å². The second-order valence-electron chi connectivity index (χ2n) is 11.9. The van der Waals surface area contributed by atoms with Crippen LogP contribution in [-0.4, -0.2) is 4.98 Å². The maximum Gasteiger partial charge on any atom is 0.0476 e. The van der Waals surface area contributed by atoms with Crippen molar-refractivity contribution in [1.82, 2.24) is 4.98 Å². The molecular weight excluding hydrogens is 589 g/mol. The molecule has 0 spiro atoms. The fourth-order valence-corrected chi connectivity index (χ4v) is 7.79. The van der Waals surface area contributed by atoms with Crippen LogP contribution in [0.5, 0.6) is 0 Å². The maximum atomic E-state index is 3.29. The molecule has 2 aromatic heterocycles. The number of anilines is 3. The standard InChI is InChI=1S/C44H30N2S/c1-2-7-30(8-3-1)31-17-20-37(21-18-31)46(39-22-23-41-40-11-4-5-12-43(40)47-44(41)29-39)38-10-6-9-34(28-38)32-13-15-33(16-14-32)35-19-24-42-36(27-35)25-26-45-42/h1-29,45H. The van der Waals surface area contributed by atoms with Gasteiger partial charge >= 0.3 is 0 Å². The molecule has 9 rings (SSSR count). The third-order valence-electron chi connectivity index (χ3n) is 9.06. The molecule has 9 aromatic rings. The van der Waals surface area contributed by atoms with Crippen molar-refractivity contribution in [2.24, 2.45) is 0 Å². The van der Waals surface area contributed by atoms with Gasteiger partial charge in [-0.25, -0.2) is 0 Å². The van der Waals surface area contributed by atoms with Gasteiger partial charge in [0.15, 0.2) is 0 Å². The van der Waals surface area contributed by atoms with Crippen molar-refractivity contribution in [3.63, 3.8) is 0 Å². The summed E-state index contributed by atoms with van der Waals surface area (Å²) in [5.74, 6) is 0. The van der Waals surface area contributed by atoms with Gasteiger partial charge in [0.05, 0.1) is 0 Å². The smallest absolute Gasteiger partial charge is 0.0476 e. The Labute approximate surface area is 277 Å². The summed E-state index contributed by atoms with van der Waals surface area (Å²) < 4.78 is 2.61. The fraction of sp³-hybridized carbons (Fsp3) is 0. The van der Waals surface area contributed by atoms with Gasteiger partial charge in [0.25, 0.3) is 0 Å². The Morgan fingerprint density at radius 3 is 1.81 bits per heavy atom. The summed E-state index contributed by atoms with van der Waals surface area (Å²) in [6.07, 6.45) is 1.99. The first-order chi connectivity index (χ1) is 23.3. The molecule has 0 radical (unpaired) electrons. The Kier molecular flexibility index (Phi) is 6.69. The lowest BCUT2D eigenvalue weighted by molar-refractivity contribution is 1.29. The minimum absolute atomic E-state index is 1.12. The normalized spacial score (nSPS) is 11.4. The summed E-state index contributed by atoms with van der Waals surface area (Å²) in [5.41, 5.74) is 11.8. The van der Waals surface area contributed by atoms with E-state index in [0.717, 1.165) is 22.6 Å². The van der Waals surface area contributed by atoms with Crippen LogP contribution in [-0.2, 0) is 0 Å². The number of hydrogen-bond donors (Lipinski definition) is 1. The Morgan fingerprint density at radius 1 is 0.383 bits per heavy atom. The summed E-state index contributed by atoms with van der Waals surface area (Å²) in [6, 6.07) is 61.6. The van der Waals surface area contributed by atoms with Gasteiger partial charge in [-0.1, -0.05) is 109 Å². The van der Waals surface area contributed by atoms with E-state index in [1.807, 2.05) is 17.5 Å². The van der Waals surface area contributed by atoms with Gasteiger partial charge in [-0.05, 0) is 99.4 Å². The molecule has 3 heteroatoms. The molecule has 0 unspecified atom stereocenters. The SMILES string of the molecule is c1ccc(-c2ccc(N(c3cccc(-c4ccc(-c5ccc6[nH]ccc6c5)cc4)c3)c3ccc4c(c3)sc3ccccc34)cc2)cc1. The second kappa shape index (κ2) is 11.5. The molecule has 0 amide bonds. The van der Waals surface area contributed by atoms with E-state index in [4.69, 9.17) is 0 Å². The van der Waals surface area contributed by atoms with Gasteiger partial charge in [-0.2, -0.15) is 0 Å². The highest BCUT2D eigenvalue weighted by molar-refractivity contribution is 7.25. The van der Waals surface area contributed by atoms with Gasteiger partial charge in [0.2, 0.25) is 0 Å². The molecule has 222 valence electrons. The number of nitrogens with zero attached hydrogens (tertiary/aromatic N) is 1. The third-order valence-corrected chi connectivity index (χ3v) is 10.2. The van der Waals surface area contributed by atoms with Crippen molar-refractivity contribution >= 4 is 59.5 Å². The summed E-state index contributed by atoms with van der Waals surface area (Å²) >= 11 is 1.86. The number of nitrogens with one attached hydrogen (secondary N) is 1. The number of fused-ring (bicyclic) bond motifs is 4. The van der Waals surface area contributed by atoms with Gasteiger partial charge in [0.1, 0.15) is 0 Å². The summed E-state index contributed by atoms with van der Waals surface area (Å²) in [5, 5.41) is 3.85. The molecule has 0 aliphatic rings. The molecule has 7 aromatic carbocycles. The number of aromatic nitrogens is 1. The van der Waals surface area contributed by atoms with Crippen molar-refractivity contribution in [3.05, 3.63) is 176 Å². The Hall–Kier alpha value is -5.90. The number of aromatic amines is 1. The summed E-state index contributed by atoms with van der Waals surface area (Å²) in [7, 11) is 0. The van der Waals surface area contributed by atoms with Gasteiger partial charge in [0, 0.05) is 48.9 Å². The Morgan fingerprint density at radius 2 is 0.979 bits per heavy atom. The molecule has 0 bridgehead atoms. The van der Waals surface area contributed by atoms with Crippen LogP contribution in [0.2, 0.25) is 0 Å². The van der Waals surface area contributed by atoms with Crippen LogP contribution in [0.4, 0.5) is 17.1 Å². The van der Waals surface area contributed by atoms with Crippen LogP contribution in [0.15, 0.2) is 176 Å². The van der Waals surface area contributed by atoms with Crippen molar-refractivity contribution < 1.29 is 0 Å². The molecular formula is C44H30N2S. The largest absolute Gasteiger partial charge is 0.361 e. The van der Waals surface area contributed by atoms with Crippen molar-refractivity contribution in [2.75, 3.05) is 4.90 Å². The minimum Gasteiger partial charge on any atom is -0.361 e. The predicted molar refractivity (Wildman–Crippen MR) is 202 cm³/mol. The lowest BCUT2D eigenvalue weighted by atomic mass is 9.99. The van der Waals surface area contributed by atoms with Crippen LogP contribution in [0.3, 0.4) is 0 Å². The molecule has 0 aliphatic carbocycles. The van der Waals surface area contributed by atoms with Crippen molar-refractivity contribution in [2.45, 2.75) is 0 Å². The monoisotopic (exact) mass is 618 g/mol. The van der Waals surface area contributed by atoms with E-state index >= 15 is 0 Å². The molecule has 2 heterocycles. The maximum absolute atomic E-state index is 3.29. The lowest BCUT2D eigenvalue weighted by Crippen LogP contribution is -2.09. The highest BCUT2D eigenvalue weighted by Crippen LogP contribution is 2.42.